The summed E-state index contributed by atoms with van der Waals surface area (Å²) in [5, 5.41) is 12.3. The van der Waals surface area contributed by atoms with Crippen LogP contribution in [0.15, 0.2) is 69.7 Å². The largest absolute Gasteiger partial charge is 0.468 e. The lowest BCUT2D eigenvalue weighted by atomic mass is 9.75. The van der Waals surface area contributed by atoms with Gasteiger partial charge in [0.1, 0.15) is 19.1 Å². The predicted octanol–water partition coefficient (Wildman–Crippen LogP) is 2.00. The smallest absolute Gasteiger partial charge is 0.336 e. The van der Waals surface area contributed by atoms with Crippen molar-refractivity contribution >= 4 is 45.0 Å². The highest BCUT2D eigenvalue weighted by atomic mass is 35.5. The number of hydrogen-bond donors (Lipinski definition) is 1. The molecule has 2 aromatic rings. The fourth-order valence-electron chi connectivity index (χ4n) is 5.40. The SMILES string of the molecule is COC(=O)C1C(C)=NC(C)=C(C(=O)OCC[NH+]2CCN(S(=O)(=O)c3ccc(Cl)cc3)CC2)[C@@H]1c1ccccc1[N+](=O)[O-]. The van der Waals surface area contributed by atoms with Crippen molar-refractivity contribution in [3.63, 3.8) is 0 Å². The van der Waals surface area contributed by atoms with Gasteiger partial charge in [0.2, 0.25) is 10.0 Å². The van der Waals surface area contributed by atoms with Crippen LogP contribution in [-0.4, -0.2) is 81.7 Å². The number of hydrogen-bond acceptors (Lipinski definition) is 9. The van der Waals surface area contributed by atoms with E-state index in [9.17, 15) is 28.1 Å². The molecule has 0 amide bonds. The van der Waals surface area contributed by atoms with Gasteiger partial charge in [0.05, 0.1) is 48.7 Å². The van der Waals surface area contributed by atoms with Gasteiger partial charge in [0.15, 0.2) is 0 Å². The third kappa shape index (κ3) is 6.54. The van der Waals surface area contributed by atoms with Gasteiger partial charge in [0, 0.05) is 34.0 Å². The Morgan fingerprint density at radius 3 is 2.38 bits per heavy atom. The predicted molar refractivity (Wildman–Crippen MR) is 154 cm³/mol. The van der Waals surface area contributed by atoms with Crippen LogP contribution in [0.4, 0.5) is 5.69 Å². The van der Waals surface area contributed by atoms with E-state index in [2.05, 4.69) is 4.99 Å². The van der Waals surface area contributed by atoms with E-state index in [4.69, 9.17) is 21.1 Å². The Morgan fingerprint density at radius 2 is 1.76 bits per heavy atom. The number of piperazine rings is 1. The summed E-state index contributed by atoms with van der Waals surface area (Å²) in [6, 6.07) is 12.0. The number of carbonyl (C=O) groups excluding carboxylic acids is 2. The lowest BCUT2D eigenvalue weighted by Crippen LogP contribution is -3.15. The molecule has 42 heavy (non-hydrogen) atoms. The zero-order valence-electron chi connectivity index (χ0n) is 23.4. The highest BCUT2D eigenvalue weighted by molar-refractivity contribution is 7.89. The molecule has 224 valence electrons. The number of ether oxygens (including phenoxy) is 2. The molecule has 1 saturated heterocycles. The number of rotatable bonds is 9. The molecule has 1 unspecified atom stereocenters. The molecule has 0 spiro atoms. The summed E-state index contributed by atoms with van der Waals surface area (Å²) in [6.45, 7) is 5.28. The Kier molecular flexibility index (Phi) is 9.77. The van der Waals surface area contributed by atoms with Gasteiger partial charge < -0.3 is 14.4 Å². The molecular weight excluding hydrogens is 588 g/mol. The first-order valence-electron chi connectivity index (χ1n) is 13.3. The van der Waals surface area contributed by atoms with Crippen molar-refractivity contribution in [2.75, 3.05) is 46.4 Å². The van der Waals surface area contributed by atoms with E-state index in [1.54, 1.807) is 19.9 Å². The molecule has 1 N–H and O–H groups in total. The normalized spacial score (nSPS) is 20.1. The van der Waals surface area contributed by atoms with E-state index >= 15 is 0 Å². The van der Waals surface area contributed by atoms with E-state index < -0.39 is 38.7 Å². The first-order valence-corrected chi connectivity index (χ1v) is 15.1. The van der Waals surface area contributed by atoms with Crippen LogP contribution >= 0.6 is 11.6 Å². The Morgan fingerprint density at radius 1 is 1.12 bits per heavy atom. The van der Waals surface area contributed by atoms with Gasteiger partial charge in [-0.2, -0.15) is 4.31 Å². The molecule has 0 aliphatic carbocycles. The molecule has 1 fully saturated rings. The van der Waals surface area contributed by atoms with Crippen LogP contribution in [0.3, 0.4) is 0 Å². The van der Waals surface area contributed by atoms with Gasteiger partial charge >= 0.3 is 11.9 Å². The summed E-state index contributed by atoms with van der Waals surface area (Å²) in [5.74, 6) is -3.49. The lowest BCUT2D eigenvalue weighted by molar-refractivity contribution is -0.903. The molecule has 12 nitrogen and oxygen atoms in total. The number of aliphatic imine (C=N–C) groups is 1. The molecule has 0 bridgehead atoms. The average molecular weight is 620 g/mol. The van der Waals surface area contributed by atoms with Crippen LogP contribution in [0.5, 0.6) is 0 Å². The number of carbonyl (C=O) groups is 2. The minimum absolute atomic E-state index is 0.0179. The van der Waals surface area contributed by atoms with E-state index in [1.165, 1.54) is 53.9 Å². The van der Waals surface area contributed by atoms with Crippen LogP contribution in [0.2, 0.25) is 5.02 Å². The van der Waals surface area contributed by atoms with Gasteiger partial charge in [-0.25, -0.2) is 13.2 Å². The number of halogens is 1. The Balaban J connectivity index is 1.45. The molecule has 2 heterocycles. The average Bonchev–Trinajstić information content (AvgIpc) is 2.96. The molecule has 0 radical (unpaired) electrons. The molecule has 0 saturated carbocycles. The van der Waals surface area contributed by atoms with Crippen LogP contribution in [0.1, 0.15) is 25.3 Å². The Labute approximate surface area is 248 Å². The van der Waals surface area contributed by atoms with Crippen molar-refractivity contribution in [1.82, 2.24) is 4.31 Å². The third-order valence-electron chi connectivity index (χ3n) is 7.54. The molecular formula is C28H32ClN4O8S+. The monoisotopic (exact) mass is 619 g/mol. The summed E-state index contributed by atoms with van der Waals surface area (Å²) in [6.07, 6.45) is 0. The number of allylic oxidation sites excluding steroid dienone is 1. The molecule has 2 aliphatic heterocycles. The molecule has 2 aromatic carbocycles. The van der Waals surface area contributed by atoms with Crippen molar-refractivity contribution in [3.8, 4) is 0 Å². The number of methoxy groups -OCH3 is 1. The van der Waals surface area contributed by atoms with Crippen LogP contribution in [0.25, 0.3) is 0 Å². The van der Waals surface area contributed by atoms with Gasteiger partial charge in [-0.15, -0.1) is 0 Å². The number of nitro groups is 1. The van der Waals surface area contributed by atoms with E-state index in [0.29, 0.717) is 49.2 Å². The zero-order chi connectivity index (χ0) is 30.6. The number of nitrogens with one attached hydrogen (secondary N) is 1. The maximum atomic E-state index is 13.5. The van der Waals surface area contributed by atoms with Gasteiger partial charge in [-0.3, -0.25) is 19.9 Å². The van der Waals surface area contributed by atoms with Gasteiger partial charge in [-0.1, -0.05) is 29.8 Å². The topological polar surface area (TPSA) is 150 Å². The van der Waals surface area contributed by atoms with Crippen molar-refractivity contribution in [2.45, 2.75) is 24.7 Å². The minimum atomic E-state index is -3.65. The minimum Gasteiger partial charge on any atom is -0.468 e. The standard InChI is InChI=1S/C28H31ClN4O8S/c1-18-24(27(34)40-3)26(22-6-4-5-7-23(22)33(36)37)25(19(2)30-18)28(35)41-17-16-31-12-14-32(15-13-31)42(38,39)21-10-8-20(29)9-11-21/h4-11,24,26H,12-17H2,1-3H3/p+1/t24?,26-/m1/s1. The van der Waals surface area contributed by atoms with Crippen LogP contribution < -0.4 is 4.90 Å². The van der Waals surface area contributed by atoms with Crippen molar-refractivity contribution in [1.29, 1.82) is 0 Å². The molecule has 4 rings (SSSR count). The zero-order valence-corrected chi connectivity index (χ0v) is 25.0. The maximum absolute atomic E-state index is 13.5. The second-order valence-electron chi connectivity index (χ2n) is 10.0. The van der Waals surface area contributed by atoms with E-state index in [-0.39, 0.29) is 28.3 Å². The molecule has 2 aliphatic rings. The molecule has 0 aromatic heterocycles. The Bertz CT molecular complexity index is 1530. The van der Waals surface area contributed by atoms with Crippen molar-refractivity contribution in [2.24, 2.45) is 10.9 Å². The number of para-hydroxylation sites is 1. The van der Waals surface area contributed by atoms with E-state index in [1.807, 2.05) is 0 Å². The highest BCUT2D eigenvalue weighted by Gasteiger charge is 2.44. The maximum Gasteiger partial charge on any atom is 0.336 e. The van der Waals surface area contributed by atoms with Crippen molar-refractivity contribution in [3.05, 3.63) is 80.5 Å². The van der Waals surface area contributed by atoms with Crippen LogP contribution in [-0.2, 0) is 29.1 Å². The van der Waals surface area contributed by atoms with Gasteiger partial charge in [-0.05, 0) is 38.1 Å². The second kappa shape index (κ2) is 13.1. The number of nitrogens with zero attached hydrogens (tertiary/aromatic N) is 3. The summed E-state index contributed by atoms with van der Waals surface area (Å²) < 4.78 is 38.0. The first kappa shape index (κ1) is 31.3. The number of nitro benzene ring substituents is 1. The lowest BCUT2D eigenvalue weighted by Gasteiger charge is -2.32. The summed E-state index contributed by atoms with van der Waals surface area (Å²) >= 11 is 5.88. The molecule has 2 atom stereocenters. The summed E-state index contributed by atoms with van der Waals surface area (Å²) in [5.41, 5.74) is 0.672. The Hall–Kier alpha value is -3.65. The number of benzene rings is 2. The number of sulfonamides is 1. The quantitative estimate of drug-likeness (QED) is 0.254. The van der Waals surface area contributed by atoms with Gasteiger partial charge in [0.25, 0.3) is 5.69 Å². The fourth-order valence-corrected chi connectivity index (χ4v) is 6.97. The van der Waals surface area contributed by atoms with Crippen LogP contribution in [0, 0.1) is 16.0 Å². The fraction of sp³-hybridized carbons (Fsp3) is 0.393. The number of esters is 2. The second-order valence-corrected chi connectivity index (χ2v) is 12.4. The number of quaternary nitrogens is 1. The third-order valence-corrected chi connectivity index (χ3v) is 9.71. The van der Waals surface area contributed by atoms with E-state index in [0.717, 1.165) is 4.90 Å². The van der Waals surface area contributed by atoms with Crippen molar-refractivity contribution < 1.29 is 37.3 Å². The highest BCUT2D eigenvalue weighted by Crippen LogP contribution is 2.43. The summed E-state index contributed by atoms with van der Waals surface area (Å²) in [7, 11) is -2.44. The molecule has 14 heteroatoms. The first-order chi connectivity index (χ1) is 19.9. The summed E-state index contributed by atoms with van der Waals surface area (Å²) in [4.78, 5) is 43.2.